The summed E-state index contributed by atoms with van der Waals surface area (Å²) in [6, 6.07) is 5.18. The highest BCUT2D eigenvalue weighted by atomic mass is 19.1. The standard InChI is InChI=1S/C22H25FN6O3/c1-13(2)29-21-18(28(22(29)32)12-16(30)27-10-4-3-5-11-27)17(19(24)31)25-20(26-21)14-6-8-15(23)9-7-14/h6-9,13H,3-5,10-12H2,1-2H3,(H2,24,31). The van der Waals surface area contributed by atoms with Crippen LogP contribution in [0.5, 0.6) is 0 Å². The van der Waals surface area contributed by atoms with Crippen molar-refractivity contribution in [1.29, 1.82) is 0 Å². The van der Waals surface area contributed by atoms with Gasteiger partial charge in [-0.15, -0.1) is 0 Å². The molecule has 0 aliphatic carbocycles. The van der Waals surface area contributed by atoms with Crippen LogP contribution in [0.1, 0.15) is 49.6 Å². The second kappa shape index (κ2) is 8.52. The predicted octanol–water partition coefficient (Wildman–Crippen LogP) is 2.09. The molecule has 0 atom stereocenters. The van der Waals surface area contributed by atoms with E-state index in [4.69, 9.17) is 5.73 Å². The normalized spacial score (nSPS) is 14.3. The zero-order chi connectivity index (χ0) is 23.0. The number of piperidine rings is 1. The van der Waals surface area contributed by atoms with E-state index < -0.39 is 17.4 Å². The van der Waals surface area contributed by atoms with Crippen LogP contribution in [0, 0.1) is 5.82 Å². The van der Waals surface area contributed by atoms with Gasteiger partial charge in [-0.2, -0.15) is 0 Å². The summed E-state index contributed by atoms with van der Waals surface area (Å²) in [4.78, 5) is 49.1. The lowest BCUT2D eigenvalue weighted by molar-refractivity contribution is -0.132. The van der Waals surface area contributed by atoms with Crippen LogP contribution in [0.2, 0.25) is 0 Å². The molecule has 0 radical (unpaired) electrons. The Bertz CT molecular complexity index is 1240. The molecule has 0 saturated carbocycles. The number of rotatable bonds is 5. The molecule has 10 heteroatoms. The van der Waals surface area contributed by atoms with Gasteiger partial charge in [0.15, 0.2) is 17.2 Å². The fourth-order valence-electron chi connectivity index (χ4n) is 4.07. The number of aromatic nitrogens is 4. The van der Waals surface area contributed by atoms with Gasteiger partial charge in [-0.3, -0.25) is 18.7 Å². The Morgan fingerprint density at radius 3 is 2.34 bits per heavy atom. The number of fused-ring (bicyclic) bond motifs is 1. The fraction of sp³-hybridized carbons (Fsp3) is 0.409. The third kappa shape index (κ3) is 3.88. The first kappa shape index (κ1) is 21.7. The van der Waals surface area contributed by atoms with Gasteiger partial charge in [0.1, 0.15) is 17.9 Å². The molecule has 3 heterocycles. The summed E-state index contributed by atoms with van der Waals surface area (Å²) in [5, 5.41) is 0. The Labute approximate surface area is 183 Å². The van der Waals surface area contributed by atoms with Gasteiger partial charge in [-0.1, -0.05) is 0 Å². The number of benzene rings is 1. The molecule has 0 spiro atoms. The second-order valence-electron chi connectivity index (χ2n) is 8.21. The summed E-state index contributed by atoms with van der Waals surface area (Å²) >= 11 is 0. The van der Waals surface area contributed by atoms with E-state index in [1.165, 1.54) is 33.4 Å². The van der Waals surface area contributed by atoms with Crippen LogP contribution < -0.4 is 11.4 Å². The maximum absolute atomic E-state index is 13.4. The number of amides is 2. The van der Waals surface area contributed by atoms with Crippen molar-refractivity contribution in [3.8, 4) is 11.4 Å². The predicted molar refractivity (Wildman–Crippen MR) is 117 cm³/mol. The topological polar surface area (TPSA) is 116 Å². The number of imidazole rings is 1. The van der Waals surface area contributed by atoms with E-state index in [0.717, 1.165) is 19.3 Å². The average molecular weight is 440 g/mol. The number of likely N-dealkylation sites (tertiary alicyclic amines) is 1. The molecule has 2 aromatic heterocycles. The number of halogens is 1. The lowest BCUT2D eigenvalue weighted by Crippen LogP contribution is -2.40. The van der Waals surface area contributed by atoms with Crippen LogP contribution in [0.15, 0.2) is 29.1 Å². The first-order valence-corrected chi connectivity index (χ1v) is 10.6. The van der Waals surface area contributed by atoms with Gasteiger partial charge in [0.05, 0.1) is 0 Å². The van der Waals surface area contributed by atoms with E-state index in [1.54, 1.807) is 18.7 Å². The number of hydrogen-bond acceptors (Lipinski definition) is 5. The minimum absolute atomic E-state index is 0.132. The van der Waals surface area contributed by atoms with Gasteiger partial charge < -0.3 is 10.6 Å². The van der Waals surface area contributed by atoms with Crippen molar-refractivity contribution in [2.45, 2.75) is 45.7 Å². The Kier molecular flexibility index (Phi) is 5.77. The minimum Gasteiger partial charge on any atom is -0.364 e. The summed E-state index contributed by atoms with van der Waals surface area (Å²) in [6.45, 7) is 4.67. The summed E-state index contributed by atoms with van der Waals surface area (Å²) in [7, 11) is 0. The van der Waals surface area contributed by atoms with Crippen molar-refractivity contribution in [3.05, 3.63) is 46.3 Å². The van der Waals surface area contributed by atoms with Gasteiger partial charge in [-0.25, -0.2) is 19.2 Å². The molecule has 1 aliphatic rings. The number of nitrogens with zero attached hydrogens (tertiary/aromatic N) is 5. The van der Waals surface area contributed by atoms with Crippen LogP contribution in [0.3, 0.4) is 0 Å². The van der Waals surface area contributed by atoms with Gasteiger partial charge in [-0.05, 0) is 57.4 Å². The van der Waals surface area contributed by atoms with E-state index in [0.29, 0.717) is 18.7 Å². The highest BCUT2D eigenvalue weighted by molar-refractivity contribution is 6.02. The Morgan fingerprint density at radius 1 is 1.09 bits per heavy atom. The molecule has 1 fully saturated rings. The zero-order valence-corrected chi connectivity index (χ0v) is 18.0. The molecule has 1 saturated heterocycles. The van der Waals surface area contributed by atoms with Crippen LogP contribution in [-0.2, 0) is 11.3 Å². The number of carbonyl (C=O) groups excluding carboxylic acids is 2. The van der Waals surface area contributed by atoms with Crippen molar-refractivity contribution in [1.82, 2.24) is 24.0 Å². The maximum atomic E-state index is 13.4. The average Bonchev–Trinajstić information content (AvgIpc) is 3.05. The smallest absolute Gasteiger partial charge is 0.331 e. The first-order chi connectivity index (χ1) is 15.3. The monoisotopic (exact) mass is 440 g/mol. The molecule has 4 rings (SSSR count). The molecule has 168 valence electrons. The van der Waals surface area contributed by atoms with Gasteiger partial charge in [0.2, 0.25) is 5.91 Å². The zero-order valence-electron chi connectivity index (χ0n) is 18.0. The van der Waals surface area contributed by atoms with Crippen molar-refractivity contribution in [3.63, 3.8) is 0 Å². The van der Waals surface area contributed by atoms with Crippen LogP contribution in [0.25, 0.3) is 22.6 Å². The Hall–Kier alpha value is -3.56. The minimum atomic E-state index is -0.846. The van der Waals surface area contributed by atoms with Gasteiger partial charge in [0, 0.05) is 24.7 Å². The lowest BCUT2D eigenvalue weighted by atomic mass is 10.1. The van der Waals surface area contributed by atoms with E-state index in [-0.39, 0.29) is 41.2 Å². The summed E-state index contributed by atoms with van der Waals surface area (Å²) in [5.74, 6) is -1.33. The SMILES string of the molecule is CC(C)n1c(=O)n(CC(=O)N2CCCCC2)c2c(C(N)=O)nc(-c3ccc(F)cc3)nc21. The fourth-order valence-corrected chi connectivity index (χ4v) is 4.07. The molecule has 2 N–H and O–H groups in total. The first-order valence-electron chi connectivity index (χ1n) is 10.6. The Morgan fingerprint density at radius 2 is 1.75 bits per heavy atom. The second-order valence-corrected chi connectivity index (χ2v) is 8.21. The highest BCUT2D eigenvalue weighted by Gasteiger charge is 2.27. The van der Waals surface area contributed by atoms with E-state index in [2.05, 4.69) is 9.97 Å². The molecule has 3 aromatic rings. The third-order valence-electron chi connectivity index (χ3n) is 5.66. The largest absolute Gasteiger partial charge is 0.364 e. The quantitative estimate of drug-likeness (QED) is 0.652. The number of hydrogen-bond donors (Lipinski definition) is 1. The number of carbonyl (C=O) groups is 2. The van der Waals surface area contributed by atoms with E-state index >= 15 is 0 Å². The number of nitrogens with two attached hydrogens (primary N) is 1. The van der Waals surface area contributed by atoms with Crippen molar-refractivity contribution < 1.29 is 14.0 Å². The number of primary amides is 1. The lowest BCUT2D eigenvalue weighted by Gasteiger charge is -2.26. The summed E-state index contributed by atoms with van der Waals surface area (Å²) < 4.78 is 16.0. The molecule has 9 nitrogen and oxygen atoms in total. The summed E-state index contributed by atoms with van der Waals surface area (Å²) in [5.41, 5.74) is 5.81. The molecule has 0 unspecified atom stereocenters. The molecular weight excluding hydrogens is 415 g/mol. The molecule has 1 aliphatic heterocycles. The summed E-state index contributed by atoms with van der Waals surface area (Å²) in [6.07, 6.45) is 2.92. The maximum Gasteiger partial charge on any atom is 0.331 e. The van der Waals surface area contributed by atoms with Gasteiger partial charge >= 0.3 is 5.69 Å². The highest BCUT2D eigenvalue weighted by Crippen LogP contribution is 2.24. The van der Waals surface area contributed by atoms with Crippen LogP contribution in [-0.4, -0.2) is 48.9 Å². The van der Waals surface area contributed by atoms with Crippen molar-refractivity contribution >= 4 is 23.0 Å². The van der Waals surface area contributed by atoms with Crippen LogP contribution in [0.4, 0.5) is 4.39 Å². The van der Waals surface area contributed by atoms with E-state index in [1.807, 2.05) is 0 Å². The van der Waals surface area contributed by atoms with Gasteiger partial charge in [0.25, 0.3) is 5.91 Å². The molecule has 2 amide bonds. The third-order valence-corrected chi connectivity index (χ3v) is 5.66. The van der Waals surface area contributed by atoms with Crippen molar-refractivity contribution in [2.75, 3.05) is 13.1 Å². The van der Waals surface area contributed by atoms with E-state index in [9.17, 15) is 18.8 Å². The molecule has 1 aromatic carbocycles. The van der Waals surface area contributed by atoms with Crippen molar-refractivity contribution in [2.24, 2.45) is 5.73 Å². The Balaban J connectivity index is 1.91. The van der Waals surface area contributed by atoms with Crippen LogP contribution >= 0.6 is 0 Å². The molecular formula is C22H25FN6O3. The molecule has 0 bridgehead atoms. The molecule has 32 heavy (non-hydrogen) atoms.